The van der Waals surface area contributed by atoms with E-state index in [1.54, 1.807) is 12.4 Å². The molecule has 3 rings (SSSR count). The molecule has 0 amide bonds. The van der Waals surface area contributed by atoms with E-state index in [1.165, 1.54) is 0 Å². The van der Waals surface area contributed by atoms with Crippen LogP contribution in [0.4, 0.5) is 5.95 Å². The van der Waals surface area contributed by atoms with Crippen molar-refractivity contribution in [1.82, 2.24) is 24.3 Å². The van der Waals surface area contributed by atoms with Gasteiger partial charge in [0.05, 0.1) is 17.1 Å². The molecule has 92 valence electrons. The lowest BCUT2D eigenvalue weighted by molar-refractivity contribution is 0.718. The highest BCUT2D eigenvalue weighted by molar-refractivity contribution is 6.35. The van der Waals surface area contributed by atoms with Crippen LogP contribution in [0.25, 0.3) is 11.0 Å². The zero-order valence-corrected chi connectivity index (χ0v) is 10.5. The van der Waals surface area contributed by atoms with Crippen molar-refractivity contribution in [2.45, 2.75) is 6.54 Å². The number of hydrogen-bond donors (Lipinski definition) is 1. The summed E-state index contributed by atoms with van der Waals surface area (Å²) in [7, 11) is 1.89. The number of anilines is 1. The fourth-order valence-corrected chi connectivity index (χ4v) is 2.10. The number of aryl methyl sites for hydroxylation is 1. The Morgan fingerprint density at radius 1 is 1.39 bits per heavy atom. The smallest absolute Gasteiger partial charge is 0.201 e. The van der Waals surface area contributed by atoms with E-state index in [4.69, 9.17) is 17.3 Å². The van der Waals surface area contributed by atoms with Gasteiger partial charge in [-0.05, 0) is 12.1 Å². The van der Waals surface area contributed by atoms with Gasteiger partial charge in [-0.25, -0.2) is 4.98 Å². The number of rotatable bonds is 2. The molecule has 0 bridgehead atoms. The van der Waals surface area contributed by atoms with Crippen LogP contribution < -0.4 is 5.73 Å². The second-order valence-electron chi connectivity index (χ2n) is 4.02. The molecule has 0 saturated heterocycles. The lowest BCUT2D eigenvalue weighted by Gasteiger charge is -2.05. The quantitative estimate of drug-likeness (QED) is 0.758. The minimum atomic E-state index is 0.418. The summed E-state index contributed by atoms with van der Waals surface area (Å²) in [5.74, 6) is 1.22. The normalized spacial score (nSPS) is 11.2. The Labute approximate surface area is 108 Å². The summed E-state index contributed by atoms with van der Waals surface area (Å²) in [5.41, 5.74) is 7.52. The van der Waals surface area contributed by atoms with E-state index in [2.05, 4.69) is 15.2 Å². The summed E-state index contributed by atoms with van der Waals surface area (Å²) in [6, 6.07) is 5.60. The van der Waals surface area contributed by atoms with Gasteiger partial charge in [0.1, 0.15) is 11.8 Å². The molecule has 3 aromatic rings. The molecule has 0 saturated carbocycles. The van der Waals surface area contributed by atoms with E-state index in [9.17, 15) is 0 Å². The molecule has 0 unspecified atom stereocenters. The van der Waals surface area contributed by atoms with Crippen LogP contribution in [0, 0.1) is 0 Å². The first kappa shape index (κ1) is 11.0. The van der Waals surface area contributed by atoms with E-state index in [-0.39, 0.29) is 0 Å². The maximum atomic E-state index is 6.09. The molecule has 2 aromatic heterocycles. The zero-order chi connectivity index (χ0) is 12.7. The number of imidazole rings is 1. The molecule has 0 atom stereocenters. The predicted molar refractivity (Wildman–Crippen MR) is 69.3 cm³/mol. The van der Waals surface area contributed by atoms with Crippen LogP contribution in [0.3, 0.4) is 0 Å². The Kier molecular flexibility index (Phi) is 2.45. The van der Waals surface area contributed by atoms with Gasteiger partial charge in [-0.15, -0.1) is 10.2 Å². The number of benzene rings is 1. The third-order valence-corrected chi connectivity index (χ3v) is 3.17. The van der Waals surface area contributed by atoms with Crippen molar-refractivity contribution >= 4 is 28.6 Å². The number of aromatic nitrogens is 5. The summed E-state index contributed by atoms with van der Waals surface area (Å²) < 4.78 is 3.71. The molecule has 0 fully saturated rings. The molecular weight excluding hydrogens is 252 g/mol. The van der Waals surface area contributed by atoms with E-state index in [1.807, 2.05) is 28.3 Å². The highest BCUT2D eigenvalue weighted by Gasteiger charge is 2.12. The van der Waals surface area contributed by atoms with Crippen LogP contribution in [0.15, 0.2) is 24.5 Å². The van der Waals surface area contributed by atoms with Crippen molar-refractivity contribution in [2.75, 3.05) is 5.73 Å². The fourth-order valence-electron chi connectivity index (χ4n) is 1.89. The lowest BCUT2D eigenvalue weighted by Crippen LogP contribution is -2.08. The van der Waals surface area contributed by atoms with Gasteiger partial charge in [-0.3, -0.25) is 0 Å². The van der Waals surface area contributed by atoms with Crippen molar-refractivity contribution in [3.63, 3.8) is 0 Å². The van der Waals surface area contributed by atoms with Crippen LogP contribution in [-0.2, 0) is 13.6 Å². The first-order valence-corrected chi connectivity index (χ1v) is 5.77. The Bertz CT molecular complexity index is 713. The Hall–Kier alpha value is -2.08. The molecule has 2 heterocycles. The molecule has 6 nitrogen and oxygen atoms in total. The van der Waals surface area contributed by atoms with Gasteiger partial charge < -0.3 is 14.9 Å². The summed E-state index contributed by atoms with van der Waals surface area (Å²) >= 11 is 6.09. The molecular formula is C11H11ClN6. The minimum absolute atomic E-state index is 0.418. The number of para-hydroxylation sites is 1. The SMILES string of the molecule is Cn1cnnc1Cn1c(N)nc2c(Cl)cccc21. The van der Waals surface area contributed by atoms with Crippen LogP contribution in [-0.4, -0.2) is 24.3 Å². The number of hydrogen-bond acceptors (Lipinski definition) is 4. The molecule has 0 spiro atoms. The number of nitrogen functional groups attached to an aromatic ring is 1. The van der Waals surface area contributed by atoms with Gasteiger partial charge in [0, 0.05) is 7.05 Å². The van der Waals surface area contributed by atoms with E-state index < -0.39 is 0 Å². The second kappa shape index (κ2) is 3.99. The topological polar surface area (TPSA) is 74.5 Å². The molecule has 7 heteroatoms. The van der Waals surface area contributed by atoms with Crippen molar-refractivity contribution in [3.8, 4) is 0 Å². The van der Waals surface area contributed by atoms with Crippen LogP contribution in [0.5, 0.6) is 0 Å². The molecule has 18 heavy (non-hydrogen) atoms. The fraction of sp³-hybridized carbons (Fsp3) is 0.182. The number of fused-ring (bicyclic) bond motifs is 1. The molecule has 0 aliphatic carbocycles. The Morgan fingerprint density at radius 3 is 2.94 bits per heavy atom. The molecule has 2 N–H and O–H groups in total. The maximum Gasteiger partial charge on any atom is 0.201 e. The summed E-state index contributed by atoms with van der Waals surface area (Å²) in [6.45, 7) is 0.513. The first-order valence-electron chi connectivity index (χ1n) is 5.40. The number of halogens is 1. The maximum absolute atomic E-state index is 6.09. The van der Waals surface area contributed by atoms with Gasteiger partial charge in [0.25, 0.3) is 0 Å². The Balaban J connectivity index is 2.15. The summed E-state index contributed by atoms with van der Waals surface area (Å²) in [5, 5.41) is 8.47. The van der Waals surface area contributed by atoms with Crippen molar-refractivity contribution in [3.05, 3.63) is 35.4 Å². The molecule has 0 aliphatic rings. The standard InChI is InChI=1S/C11H11ClN6/c1-17-6-14-16-9(17)5-18-8-4-2-3-7(12)10(8)15-11(18)13/h2-4,6H,5H2,1H3,(H2,13,15). The summed E-state index contributed by atoms with van der Waals surface area (Å²) in [4.78, 5) is 4.27. The molecule has 0 radical (unpaired) electrons. The van der Waals surface area contributed by atoms with Gasteiger partial charge >= 0.3 is 0 Å². The first-order chi connectivity index (χ1) is 8.66. The van der Waals surface area contributed by atoms with Gasteiger partial charge in [0.2, 0.25) is 5.95 Å². The van der Waals surface area contributed by atoms with Crippen molar-refractivity contribution in [2.24, 2.45) is 7.05 Å². The zero-order valence-electron chi connectivity index (χ0n) is 9.71. The largest absolute Gasteiger partial charge is 0.369 e. The third-order valence-electron chi connectivity index (χ3n) is 2.86. The van der Waals surface area contributed by atoms with E-state index in [0.29, 0.717) is 23.0 Å². The van der Waals surface area contributed by atoms with Crippen LogP contribution >= 0.6 is 11.6 Å². The van der Waals surface area contributed by atoms with E-state index >= 15 is 0 Å². The van der Waals surface area contributed by atoms with Gasteiger partial charge in [0.15, 0.2) is 5.82 Å². The summed E-state index contributed by atoms with van der Waals surface area (Å²) in [6.07, 6.45) is 1.65. The second-order valence-corrected chi connectivity index (χ2v) is 4.43. The van der Waals surface area contributed by atoms with Crippen molar-refractivity contribution < 1.29 is 0 Å². The molecule has 0 aliphatic heterocycles. The minimum Gasteiger partial charge on any atom is -0.369 e. The average Bonchev–Trinajstić information content (AvgIpc) is 2.87. The average molecular weight is 263 g/mol. The Morgan fingerprint density at radius 2 is 2.22 bits per heavy atom. The predicted octanol–water partition coefficient (Wildman–Crippen LogP) is 1.45. The number of nitrogens with two attached hydrogens (primary N) is 1. The van der Waals surface area contributed by atoms with Gasteiger partial charge in [-0.2, -0.15) is 0 Å². The van der Waals surface area contributed by atoms with Crippen molar-refractivity contribution in [1.29, 1.82) is 0 Å². The highest BCUT2D eigenvalue weighted by Crippen LogP contribution is 2.25. The van der Waals surface area contributed by atoms with Crippen LogP contribution in [0.2, 0.25) is 5.02 Å². The molecule has 1 aromatic carbocycles. The van der Waals surface area contributed by atoms with Crippen LogP contribution in [0.1, 0.15) is 5.82 Å². The lowest BCUT2D eigenvalue weighted by atomic mass is 10.3. The number of nitrogens with zero attached hydrogens (tertiary/aromatic N) is 5. The third kappa shape index (κ3) is 1.62. The van der Waals surface area contributed by atoms with E-state index in [0.717, 1.165) is 11.3 Å². The highest BCUT2D eigenvalue weighted by atomic mass is 35.5. The monoisotopic (exact) mass is 262 g/mol. The van der Waals surface area contributed by atoms with Gasteiger partial charge in [-0.1, -0.05) is 17.7 Å².